The SMILES string of the molecule is Cc1cc(NC(=O)c2nn(-c3ccccc3F)c(C)cc2=O)n(-c2ccccc2C(F)(F)F)n1. The van der Waals surface area contributed by atoms with Crippen LogP contribution in [-0.2, 0) is 6.18 Å². The predicted octanol–water partition coefficient (Wildman–Crippen LogP) is 4.45. The largest absolute Gasteiger partial charge is 0.418 e. The van der Waals surface area contributed by atoms with Crippen LogP contribution in [0.4, 0.5) is 23.4 Å². The molecule has 1 N–H and O–H groups in total. The van der Waals surface area contributed by atoms with Gasteiger partial charge in [-0.25, -0.2) is 13.8 Å². The molecule has 4 aromatic rings. The molecular formula is C23H17F4N5O2. The van der Waals surface area contributed by atoms with Crippen LogP contribution in [0.2, 0.25) is 0 Å². The van der Waals surface area contributed by atoms with Gasteiger partial charge in [0, 0.05) is 17.8 Å². The second-order valence-electron chi connectivity index (χ2n) is 7.41. The molecule has 4 rings (SSSR count). The minimum atomic E-state index is -4.66. The summed E-state index contributed by atoms with van der Waals surface area (Å²) >= 11 is 0. The molecule has 2 aromatic heterocycles. The molecule has 174 valence electrons. The Morgan fingerprint density at radius 3 is 2.24 bits per heavy atom. The molecule has 0 unspecified atom stereocenters. The van der Waals surface area contributed by atoms with Crippen molar-refractivity contribution in [2.45, 2.75) is 20.0 Å². The number of anilines is 1. The van der Waals surface area contributed by atoms with Crippen LogP contribution in [0.5, 0.6) is 0 Å². The lowest BCUT2D eigenvalue weighted by Gasteiger charge is -2.15. The number of benzene rings is 2. The molecule has 0 atom stereocenters. The predicted molar refractivity (Wildman–Crippen MR) is 116 cm³/mol. The second kappa shape index (κ2) is 8.58. The van der Waals surface area contributed by atoms with Crippen molar-refractivity contribution >= 4 is 11.7 Å². The van der Waals surface area contributed by atoms with E-state index in [0.29, 0.717) is 5.69 Å². The van der Waals surface area contributed by atoms with Gasteiger partial charge in [0.05, 0.1) is 16.9 Å². The van der Waals surface area contributed by atoms with E-state index in [2.05, 4.69) is 15.5 Å². The smallest absolute Gasteiger partial charge is 0.305 e. The van der Waals surface area contributed by atoms with Crippen LogP contribution in [-0.4, -0.2) is 25.5 Å². The van der Waals surface area contributed by atoms with E-state index in [9.17, 15) is 27.2 Å². The van der Waals surface area contributed by atoms with Crippen LogP contribution in [0.1, 0.15) is 27.4 Å². The molecule has 34 heavy (non-hydrogen) atoms. The van der Waals surface area contributed by atoms with Gasteiger partial charge in [-0.05, 0) is 38.1 Å². The first-order valence-corrected chi connectivity index (χ1v) is 9.97. The van der Waals surface area contributed by atoms with E-state index in [4.69, 9.17) is 0 Å². The summed E-state index contributed by atoms with van der Waals surface area (Å²) in [6.45, 7) is 3.06. The summed E-state index contributed by atoms with van der Waals surface area (Å²) in [6, 6.07) is 12.9. The average Bonchev–Trinajstić information content (AvgIpc) is 3.13. The molecule has 0 radical (unpaired) electrons. The van der Waals surface area contributed by atoms with Crippen LogP contribution < -0.4 is 10.7 Å². The van der Waals surface area contributed by atoms with Crippen molar-refractivity contribution < 1.29 is 22.4 Å². The minimum absolute atomic E-state index is 0.0223. The van der Waals surface area contributed by atoms with E-state index in [-0.39, 0.29) is 22.9 Å². The lowest BCUT2D eigenvalue weighted by atomic mass is 10.1. The third-order valence-corrected chi connectivity index (χ3v) is 4.91. The van der Waals surface area contributed by atoms with Gasteiger partial charge in [0.15, 0.2) is 5.69 Å². The third kappa shape index (κ3) is 4.32. The van der Waals surface area contributed by atoms with Gasteiger partial charge in [0.25, 0.3) is 5.91 Å². The molecule has 0 saturated carbocycles. The van der Waals surface area contributed by atoms with Crippen molar-refractivity contribution in [3.63, 3.8) is 0 Å². The van der Waals surface area contributed by atoms with Gasteiger partial charge >= 0.3 is 6.18 Å². The number of nitrogens with one attached hydrogen (secondary N) is 1. The molecular weight excluding hydrogens is 454 g/mol. The molecule has 0 aliphatic heterocycles. The van der Waals surface area contributed by atoms with Crippen LogP contribution >= 0.6 is 0 Å². The van der Waals surface area contributed by atoms with Gasteiger partial charge < -0.3 is 5.32 Å². The lowest BCUT2D eigenvalue weighted by Crippen LogP contribution is -2.28. The Hall–Kier alpha value is -4.28. The Morgan fingerprint density at radius 2 is 1.56 bits per heavy atom. The maximum Gasteiger partial charge on any atom is 0.418 e. The number of carbonyl (C=O) groups is 1. The van der Waals surface area contributed by atoms with Crippen LogP contribution in [0.25, 0.3) is 11.4 Å². The molecule has 0 fully saturated rings. The summed E-state index contributed by atoms with van der Waals surface area (Å²) in [5, 5.41) is 10.5. The highest BCUT2D eigenvalue weighted by Crippen LogP contribution is 2.34. The van der Waals surface area contributed by atoms with Crippen molar-refractivity contribution in [3.8, 4) is 11.4 Å². The Balaban J connectivity index is 1.76. The molecule has 2 heterocycles. The van der Waals surface area contributed by atoms with E-state index >= 15 is 0 Å². The number of carbonyl (C=O) groups excluding carboxylic acids is 1. The van der Waals surface area contributed by atoms with E-state index in [1.54, 1.807) is 6.07 Å². The second-order valence-corrected chi connectivity index (χ2v) is 7.41. The molecule has 11 heteroatoms. The summed E-state index contributed by atoms with van der Waals surface area (Å²) < 4.78 is 56.9. The molecule has 7 nitrogen and oxygen atoms in total. The van der Waals surface area contributed by atoms with Crippen molar-refractivity contribution in [3.05, 3.63) is 99.3 Å². The monoisotopic (exact) mass is 471 g/mol. The Bertz CT molecular complexity index is 1460. The first kappa shape index (κ1) is 22.9. The van der Waals surface area contributed by atoms with Gasteiger partial charge in [-0.2, -0.15) is 23.4 Å². The lowest BCUT2D eigenvalue weighted by molar-refractivity contribution is -0.137. The number of halogens is 4. The van der Waals surface area contributed by atoms with E-state index in [0.717, 1.165) is 21.5 Å². The van der Waals surface area contributed by atoms with Gasteiger partial charge in [0.2, 0.25) is 5.43 Å². The number of alkyl halides is 3. The fourth-order valence-electron chi connectivity index (χ4n) is 3.42. The molecule has 0 aliphatic carbocycles. The molecule has 1 amide bonds. The molecule has 2 aromatic carbocycles. The quantitative estimate of drug-likeness (QED) is 0.446. The Morgan fingerprint density at radius 1 is 0.912 bits per heavy atom. The van der Waals surface area contributed by atoms with Gasteiger partial charge in [0.1, 0.15) is 17.3 Å². The zero-order valence-electron chi connectivity index (χ0n) is 17.9. The molecule has 0 saturated heterocycles. The number of para-hydroxylation sites is 2. The molecule has 0 bridgehead atoms. The minimum Gasteiger partial charge on any atom is -0.305 e. The first-order valence-electron chi connectivity index (χ1n) is 9.97. The fourth-order valence-corrected chi connectivity index (χ4v) is 3.42. The van der Waals surface area contributed by atoms with Crippen molar-refractivity contribution in [2.24, 2.45) is 0 Å². The van der Waals surface area contributed by atoms with Crippen molar-refractivity contribution in [2.75, 3.05) is 5.32 Å². The standard InChI is InChI=1S/C23H17F4N5O2/c1-13-11-20(32(29-13)17-9-5-3-7-15(17)23(25,26)27)28-22(34)21-19(33)12-14(2)31(30-21)18-10-6-4-8-16(18)24/h3-12H,1-2H3,(H,28,34). The number of aromatic nitrogens is 4. The van der Waals surface area contributed by atoms with E-state index in [1.807, 2.05) is 0 Å². The van der Waals surface area contributed by atoms with E-state index in [1.165, 1.54) is 56.3 Å². The van der Waals surface area contributed by atoms with Crippen LogP contribution in [0, 0.1) is 19.7 Å². The number of amides is 1. The zero-order chi connectivity index (χ0) is 24.6. The van der Waals surface area contributed by atoms with Gasteiger partial charge in [-0.1, -0.05) is 24.3 Å². The summed E-state index contributed by atoms with van der Waals surface area (Å²) in [5.41, 5.74) is -1.93. The Kier molecular flexibility index (Phi) is 5.78. The molecule has 0 aliphatic rings. The number of rotatable bonds is 4. The van der Waals surface area contributed by atoms with E-state index < -0.39 is 34.6 Å². The molecule has 0 spiro atoms. The van der Waals surface area contributed by atoms with Crippen molar-refractivity contribution in [1.29, 1.82) is 0 Å². The summed E-state index contributed by atoms with van der Waals surface area (Å²) in [5.74, 6) is -1.70. The van der Waals surface area contributed by atoms with Crippen molar-refractivity contribution in [1.82, 2.24) is 19.6 Å². The maximum atomic E-state index is 14.3. The highest BCUT2D eigenvalue weighted by Gasteiger charge is 2.34. The third-order valence-electron chi connectivity index (χ3n) is 4.91. The summed E-state index contributed by atoms with van der Waals surface area (Å²) in [7, 11) is 0. The topological polar surface area (TPSA) is 81.8 Å². The average molecular weight is 471 g/mol. The normalized spacial score (nSPS) is 11.5. The first-order chi connectivity index (χ1) is 16.1. The van der Waals surface area contributed by atoms with Gasteiger partial charge in [-0.15, -0.1) is 0 Å². The van der Waals surface area contributed by atoms with Gasteiger partial charge in [-0.3, -0.25) is 9.59 Å². The zero-order valence-corrected chi connectivity index (χ0v) is 17.9. The highest BCUT2D eigenvalue weighted by atomic mass is 19.4. The van der Waals surface area contributed by atoms with Crippen LogP contribution in [0.15, 0.2) is 65.5 Å². The number of hydrogen-bond donors (Lipinski definition) is 1. The Labute approximate surface area is 190 Å². The van der Waals surface area contributed by atoms with Crippen LogP contribution in [0.3, 0.4) is 0 Å². The fraction of sp³-hybridized carbons (Fsp3) is 0.130. The number of nitrogens with zero attached hydrogens (tertiary/aromatic N) is 4. The number of aryl methyl sites for hydroxylation is 2. The summed E-state index contributed by atoms with van der Waals surface area (Å²) in [4.78, 5) is 25.4. The number of hydrogen-bond acceptors (Lipinski definition) is 4. The summed E-state index contributed by atoms with van der Waals surface area (Å²) in [6.07, 6.45) is -4.66. The maximum absolute atomic E-state index is 14.3. The highest BCUT2D eigenvalue weighted by molar-refractivity contribution is 6.02.